The van der Waals surface area contributed by atoms with Gasteiger partial charge in [0.25, 0.3) is 0 Å². The van der Waals surface area contributed by atoms with Gasteiger partial charge in [-0.2, -0.15) is 4.31 Å². The predicted octanol–water partition coefficient (Wildman–Crippen LogP) is -1.34. The third-order valence-electron chi connectivity index (χ3n) is 4.66. The number of fused-ring (bicyclic) bond motifs is 1. The molecule has 2 aliphatic heterocycles. The Labute approximate surface area is 179 Å². The number of methoxy groups -OCH3 is 2. The molecule has 1 aromatic rings. The molecule has 2 N–H and O–H groups in total. The van der Waals surface area contributed by atoms with Crippen molar-refractivity contribution in [2.45, 2.75) is 17.4 Å². The van der Waals surface area contributed by atoms with Crippen molar-refractivity contribution in [1.82, 2.24) is 14.9 Å². The first kappa shape index (κ1) is 23.2. The molecule has 0 aromatic heterocycles. The molecule has 2 heterocycles. The van der Waals surface area contributed by atoms with Gasteiger partial charge in [0.1, 0.15) is 19.4 Å². The maximum Gasteiger partial charge on any atom is 0.309 e. The van der Waals surface area contributed by atoms with E-state index in [0.717, 1.165) is 4.31 Å². The van der Waals surface area contributed by atoms with Crippen LogP contribution < -0.4 is 20.1 Å². The lowest BCUT2D eigenvalue weighted by molar-refractivity contribution is -0.142. The lowest BCUT2D eigenvalue weighted by atomic mass is 10.3. The minimum Gasteiger partial charge on any atom is -0.486 e. The SMILES string of the molecule is COC(CNC(=O)C(=O)NC[C@H]1OCCN1S(=O)(=O)c1ccc2c(c1)OCCO2)OC. The fourth-order valence-electron chi connectivity index (χ4n) is 3.04. The second kappa shape index (κ2) is 10.2. The Morgan fingerprint density at radius 2 is 1.77 bits per heavy atom. The zero-order valence-corrected chi connectivity index (χ0v) is 18.0. The minimum absolute atomic E-state index is 0.0153. The van der Waals surface area contributed by atoms with Gasteiger partial charge in [0.2, 0.25) is 10.0 Å². The van der Waals surface area contributed by atoms with Crippen LogP contribution in [0.4, 0.5) is 0 Å². The molecule has 0 aliphatic carbocycles. The summed E-state index contributed by atoms with van der Waals surface area (Å²) in [5.74, 6) is -1.02. The number of nitrogens with zero attached hydrogens (tertiary/aromatic N) is 1. The summed E-state index contributed by atoms with van der Waals surface area (Å²) in [6.07, 6.45) is -1.65. The molecule has 0 saturated carbocycles. The molecule has 172 valence electrons. The molecule has 0 spiro atoms. The highest BCUT2D eigenvalue weighted by atomic mass is 32.2. The largest absolute Gasteiger partial charge is 0.486 e. The molecule has 0 unspecified atom stereocenters. The monoisotopic (exact) mass is 459 g/mol. The van der Waals surface area contributed by atoms with Gasteiger partial charge in [0.05, 0.1) is 24.6 Å². The lowest BCUT2D eigenvalue weighted by Gasteiger charge is -2.24. The second-order valence-electron chi connectivity index (χ2n) is 6.57. The standard InChI is InChI=1S/C18H25N3O9S/c1-26-16(27-2)11-20-18(23)17(22)19-10-15-21(5-6-30-15)31(24,25)12-3-4-13-14(9-12)29-8-7-28-13/h3-4,9,15-16H,5-8,10-11H2,1-2H3,(H,19,22)(H,20,23)/t15-/m1/s1. The van der Waals surface area contributed by atoms with E-state index in [0.29, 0.717) is 24.7 Å². The van der Waals surface area contributed by atoms with Crippen molar-refractivity contribution in [3.05, 3.63) is 18.2 Å². The van der Waals surface area contributed by atoms with E-state index >= 15 is 0 Å². The zero-order chi connectivity index (χ0) is 22.4. The maximum absolute atomic E-state index is 13.1. The number of rotatable bonds is 8. The van der Waals surface area contributed by atoms with E-state index < -0.39 is 34.4 Å². The van der Waals surface area contributed by atoms with Crippen LogP contribution in [0.2, 0.25) is 0 Å². The molecule has 3 rings (SSSR count). The number of carbonyl (C=O) groups excluding carboxylic acids is 2. The Kier molecular flexibility index (Phi) is 7.67. The summed E-state index contributed by atoms with van der Waals surface area (Å²) >= 11 is 0. The number of benzene rings is 1. The molecule has 1 saturated heterocycles. The Balaban J connectivity index is 1.60. The highest BCUT2D eigenvalue weighted by molar-refractivity contribution is 7.89. The number of nitrogens with one attached hydrogen (secondary N) is 2. The summed E-state index contributed by atoms with van der Waals surface area (Å²) in [6.45, 7) is 0.756. The van der Waals surface area contributed by atoms with Crippen molar-refractivity contribution in [2.75, 3.05) is 53.7 Å². The van der Waals surface area contributed by atoms with Crippen LogP contribution in [0.15, 0.2) is 23.1 Å². The van der Waals surface area contributed by atoms with Crippen LogP contribution in [0.1, 0.15) is 0 Å². The first-order valence-electron chi connectivity index (χ1n) is 9.51. The van der Waals surface area contributed by atoms with Crippen LogP contribution >= 0.6 is 0 Å². The molecule has 1 atom stereocenters. The van der Waals surface area contributed by atoms with Crippen molar-refractivity contribution < 1.29 is 41.7 Å². The van der Waals surface area contributed by atoms with Crippen LogP contribution in [0, 0.1) is 0 Å². The average Bonchev–Trinajstić information content (AvgIpc) is 3.27. The molecule has 31 heavy (non-hydrogen) atoms. The van der Waals surface area contributed by atoms with E-state index in [9.17, 15) is 18.0 Å². The summed E-state index contributed by atoms with van der Waals surface area (Å²) in [6, 6.07) is 4.35. The molecule has 2 amide bonds. The zero-order valence-electron chi connectivity index (χ0n) is 17.2. The van der Waals surface area contributed by atoms with Gasteiger partial charge in [-0.05, 0) is 12.1 Å². The van der Waals surface area contributed by atoms with E-state index in [1.807, 2.05) is 0 Å². The highest BCUT2D eigenvalue weighted by Gasteiger charge is 2.37. The Hall–Kier alpha value is -2.45. The summed E-state index contributed by atoms with van der Waals surface area (Å²) in [7, 11) is -1.14. The molecule has 1 fully saturated rings. The number of sulfonamides is 1. The molecule has 0 bridgehead atoms. The maximum atomic E-state index is 13.1. The van der Waals surface area contributed by atoms with Crippen molar-refractivity contribution in [3.63, 3.8) is 0 Å². The Morgan fingerprint density at radius 3 is 2.48 bits per heavy atom. The smallest absolute Gasteiger partial charge is 0.309 e. The van der Waals surface area contributed by atoms with Gasteiger partial charge < -0.3 is 34.3 Å². The molecule has 13 heteroatoms. The van der Waals surface area contributed by atoms with Crippen molar-refractivity contribution in [2.24, 2.45) is 0 Å². The first-order valence-corrected chi connectivity index (χ1v) is 11.0. The van der Waals surface area contributed by atoms with Gasteiger partial charge in [-0.25, -0.2) is 8.42 Å². The topological polar surface area (TPSA) is 142 Å². The van der Waals surface area contributed by atoms with Crippen molar-refractivity contribution >= 4 is 21.8 Å². The fourth-order valence-corrected chi connectivity index (χ4v) is 4.57. The molecule has 1 aromatic carbocycles. The van der Waals surface area contributed by atoms with Gasteiger partial charge in [0, 0.05) is 26.8 Å². The van der Waals surface area contributed by atoms with Gasteiger partial charge >= 0.3 is 11.8 Å². The van der Waals surface area contributed by atoms with Crippen molar-refractivity contribution in [1.29, 1.82) is 0 Å². The summed E-state index contributed by atoms with van der Waals surface area (Å²) in [5.41, 5.74) is 0. The van der Waals surface area contributed by atoms with Gasteiger partial charge in [-0.15, -0.1) is 0 Å². The number of ether oxygens (including phenoxy) is 5. The van der Waals surface area contributed by atoms with Gasteiger partial charge in [-0.3, -0.25) is 9.59 Å². The first-order chi connectivity index (χ1) is 14.9. The van der Waals surface area contributed by atoms with Crippen LogP contribution in [-0.2, 0) is 33.8 Å². The molecular weight excluding hydrogens is 434 g/mol. The number of amides is 2. The van der Waals surface area contributed by atoms with Gasteiger partial charge in [0.15, 0.2) is 17.8 Å². The Bertz CT molecular complexity index is 905. The third-order valence-corrected chi connectivity index (χ3v) is 6.55. The highest BCUT2D eigenvalue weighted by Crippen LogP contribution is 2.34. The van der Waals surface area contributed by atoms with Crippen LogP contribution in [0.25, 0.3) is 0 Å². The van der Waals surface area contributed by atoms with Crippen LogP contribution in [0.3, 0.4) is 0 Å². The second-order valence-corrected chi connectivity index (χ2v) is 8.46. The number of hydrogen-bond acceptors (Lipinski definition) is 9. The van der Waals surface area contributed by atoms with E-state index in [-0.39, 0.29) is 31.1 Å². The number of hydrogen-bond donors (Lipinski definition) is 2. The van der Waals surface area contributed by atoms with Gasteiger partial charge in [-0.1, -0.05) is 0 Å². The van der Waals surface area contributed by atoms with Crippen LogP contribution in [0.5, 0.6) is 11.5 Å². The predicted molar refractivity (Wildman–Crippen MR) is 105 cm³/mol. The van der Waals surface area contributed by atoms with E-state index in [1.165, 1.54) is 32.4 Å². The number of carbonyl (C=O) groups is 2. The van der Waals surface area contributed by atoms with E-state index in [1.54, 1.807) is 0 Å². The van der Waals surface area contributed by atoms with Crippen LogP contribution in [-0.4, -0.2) is 90.7 Å². The average molecular weight is 459 g/mol. The van der Waals surface area contributed by atoms with E-state index in [2.05, 4.69) is 10.6 Å². The molecule has 12 nitrogen and oxygen atoms in total. The van der Waals surface area contributed by atoms with E-state index in [4.69, 9.17) is 23.7 Å². The molecule has 2 aliphatic rings. The Morgan fingerprint density at radius 1 is 1.10 bits per heavy atom. The lowest BCUT2D eigenvalue weighted by Crippen LogP contribution is -2.48. The summed E-state index contributed by atoms with van der Waals surface area (Å²) in [5, 5.41) is 4.74. The third kappa shape index (κ3) is 5.43. The fraction of sp³-hybridized carbons (Fsp3) is 0.556. The quantitative estimate of drug-likeness (QED) is 0.357. The van der Waals surface area contributed by atoms with Crippen molar-refractivity contribution in [3.8, 4) is 11.5 Å². The molecular formula is C18H25N3O9S. The minimum atomic E-state index is -3.93. The molecule has 0 radical (unpaired) electrons. The normalized spacial score (nSPS) is 18.7. The summed E-state index contributed by atoms with van der Waals surface area (Å²) < 4.78 is 53.5. The summed E-state index contributed by atoms with van der Waals surface area (Å²) in [4.78, 5) is 23.9.